The second kappa shape index (κ2) is 5.53. The molecule has 0 aliphatic heterocycles. The van der Waals surface area contributed by atoms with Crippen LogP contribution in [0.15, 0.2) is 11.1 Å². The minimum atomic E-state index is 0.183. The number of aromatic nitrogens is 2. The fourth-order valence-electron chi connectivity index (χ4n) is 1.25. The van der Waals surface area contributed by atoms with E-state index in [9.17, 15) is 0 Å². The first-order chi connectivity index (χ1) is 7.40. The molecule has 1 N–H and O–H groups in total. The maximum absolute atomic E-state index is 4.44. The predicted molar refractivity (Wildman–Crippen MR) is 71.2 cm³/mol. The van der Waals surface area contributed by atoms with E-state index in [1.807, 2.05) is 13.0 Å². The van der Waals surface area contributed by atoms with Crippen LogP contribution >= 0.6 is 11.8 Å². The van der Waals surface area contributed by atoms with Crippen LogP contribution in [0.2, 0.25) is 0 Å². The van der Waals surface area contributed by atoms with Crippen LogP contribution in [0.1, 0.15) is 39.9 Å². The van der Waals surface area contributed by atoms with E-state index in [0.29, 0.717) is 0 Å². The van der Waals surface area contributed by atoms with Crippen LogP contribution in [0, 0.1) is 6.92 Å². The molecule has 1 aromatic heterocycles. The van der Waals surface area contributed by atoms with Gasteiger partial charge in [0.2, 0.25) is 0 Å². The average Bonchev–Trinajstić information content (AvgIpc) is 2.10. The van der Waals surface area contributed by atoms with E-state index in [1.54, 1.807) is 11.8 Å². The van der Waals surface area contributed by atoms with Crippen molar-refractivity contribution in [1.82, 2.24) is 9.97 Å². The van der Waals surface area contributed by atoms with Gasteiger partial charge in [0, 0.05) is 17.4 Å². The molecular formula is C12H21N3S. The SMILES string of the molecule is CCCNc1cc(SC(C)(C)C)nc(C)n1. The molecule has 0 fully saturated rings. The number of rotatable bonds is 4. The number of anilines is 1. The molecule has 1 rings (SSSR count). The van der Waals surface area contributed by atoms with E-state index < -0.39 is 0 Å². The summed E-state index contributed by atoms with van der Waals surface area (Å²) in [4.78, 5) is 8.80. The van der Waals surface area contributed by atoms with Crippen molar-refractivity contribution in [3.8, 4) is 0 Å². The highest BCUT2D eigenvalue weighted by Crippen LogP contribution is 2.31. The van der Waals surface area contributed by atoms with E-state index in [2.05, 4.69) is 43.0 Å². The Morgan fingerprint density at radius 3 is 2.56 bits per heavy atom. The summed E-state index contributed by atoms with van der Waals surface area (Å²) < 4.78 is 0.183. The lowest BCUT2D eigenvalue weighted by Gasteiger charge is -2.17. The summed E-state index contributed by atoms with van der Waals surface area (Å²) in [7, 11) is 0. The topological polar surface area (TPSA) is 37.8 Å². The lowest BCUT2D eigenvalue weighted by atomic mass is 10.3. The van der Waals surface area contributed by atoms with Crippen LogP contribution < -0.4 is 5.32 Å². The van der Waals surface area contributed by atoms with Gasteiger partial charge >= 0.3 is 0 Å². The van der Waals surface area contributed by atoms with Crippen LogP contribution in [0.3, 0.4) is 0 Å². The molecule has 0 atom stereocenters. The van der Waals surface area contributed by atoms with E-state index in [1.165, 1.54) is 0 Å². The predicted octanol–water partition coefficient (Wildman–Crippen LogP) is 3.50. The van der Waals surface area contributed by atoms with Gasteiger partial charge in [0.25, 0.3) is 0 Å². The number of hydrogen-bond acceptors (Lipinski definition) is 4. The molecule has 0 amide bonds. The second-order valence-electron chi connectivity index (χ2n) is 4.78. The first-order valence-electron chi connectivity index (χ1n) is 5.69. The molecule has 90 valence electrons. The van der Waals surface area contributed by atoms with Gasteiger partial charge in [-0.25, -0.2) is 9.97 Å². The molecule has 0 saturated heterocycles. The van der Waals surface area contributed by atoms with Gasteiger partial charge in [0.1, 0.15) is 16.7 Å². The van der Waals surface area contributed by atoms with Crippen molar-refractivity contribution in [1.29, 1.82) is 0 Å². The smallest absolute Gasteiger partial charge is 0.130 e. The summed E-state index contributed by atoms with van der Waals surface area (Å²) in [5.74, 6) is 1.76. The molecular weight excluding hydrogens is 218 g/mol. The third-order valence-electron chi connectivity index (χ3n) is 1.78. The van der Waals surface area contributed by atoms with Gasteiger partial charge < -0.3 is 5.32 Å². The number of hydrogen-bond donors (Lipinski definition) is 1. The molecule has 0 radical (unpaired) electrons. The Hall–Kier alpha value is -0.770. The molecule has 4 heteroatoms. The third-order valence-corrected chi connectivity index (χ3v) is 2.81. The van der Waals surface area contributed by atoms with E-state index in [0.717, 1.165) is 29.6 Å². The fraction of sp³-hybridized carbons (Fsp3) is 0.667. The highest BCUT2D eigenvalue weighted by molar-refractivity contribution is 8.00. The van der Waals surface area contributed by atoms with Crippen LogP contribution in [-0.4, -0.2) is 21.3 Å². The average molecular weight is 239 g/mol. The summed E-state index contributed by atoms with van der Waals surface area (Å²) in [6.45, 7) is 11.6. The van der Waals surface area contributed by atoms with Crippen molar-refractivity contribution in [3.05, 3.63) is 11.9 Å². The Morgan fingerprint density at radius 1 is 1.31 bits per heavy atom. The van der Waals surface area contributed by atoms with Crippen LogP contribution in [0.4, 0.5) is 5.82 Å². The Bertz CT molecular complexity index is 345. The largest absolute Gasteiger partial charge is 0.370 e. The summed E-state index contributed by atoms with van der Waals surface area (Å²) in [6, 6.07) is 2.03. The molecule has 0 bridgehead atoms. The standard InChI is InChI=1S/C12H21N3S/c1-6-7-13-10-8-11(15-9(2)14-10)16-12(3,4)5/h8H,6-7H2,1-5H3,(H,13,14,15). The summed E-state index contributed by atoms with van der Waals surface area (Å²) in [5.41, 5.74) is 0. The zero-order valence-corrected chi connectivity index (χ0v) is 11.6. The van der Waals surface area contributed by atoms with Gasteiger partial charge in [-0.3, -0.25) is 0 Å². The van der Waals surface area contributed by atoms with Crippen LogP contribution in [0.5, 0.6) is 0 Å². The van der Waals surface area contributed by atoms with Crippen LogP contribution in [-0.2, 0) is 0 Å². The summed E-state index contributed by atoms with van der Waals surface area (Å²) in [5, 5.41) is 4.34. The maximum Gasteiger partial charge on any atom is 0.130 e. The fourth-order valence-corrected chi connectivity index (χ4v) is 2.23. The zero-order valence-electron chi connectivity index (χ0n) is 10.8. The van der Waals surface area contributed by atoms with Gasteiger partial charge in [0.15, 0.2) is 0 Å². The van der Waals surface area contributed by atoms with Gasteiger partial charge in [-0.2, -0.15) is 0 Å². The Kier molecular flexibility index (Phi) is 4.59. The Labute approximate surface area is 102 Å². The maximum atomic E-state index is 4.44. The van der Waals surface area contributed by atoms with Crippen molar-refractivity contribution >= 4 is 17.6 Å². The van der Waals surface area contributed by atoms with Crippen molar-refractivity contribution < 1.29 is 0 Å². The minimum absolute atomic E-state index is 0.183. The molecule has 1 aromatic rings. The first-order valence-corrected chi connectivity index (χ1v) is 6.51. The molecule has 0 aliphatic rings. The normalized spacial score (nSPS) is 11.6. The van der Waals surface area contributed by atoms with E-state index in [4.69, 9.17) is 0 Å². The Balaban J connectivity index is 2.81. The number of nitrogens with zero attached hydrogens (tertiary/aromatic N) is 2. The molecule has 0 unspecified atom stereocenters. The van der Waals surface area contributed by atoms with Crippen LogP contribution in [0.25, 0.3) is 0 Å². The molecule has 0 aromatic carbocycles. The second-order valence-corrected chi connectivity index (χ2v) is 6.63. The van der Waals surface area contributed by atoms with Gasteiger partial charge in [-0.05, 0) is 13.3 Å². The highest BCUT2D eigenvalue weighted by Gasteiger charge is 2.14. The number of nitrogens with one attached hydrogen (secondary N) is 1. The number of thioether (sulfide) groups is 1. The van der Waals surface area contributed by atoms with Gasteiger partial charge in [-0.15, -0.1) is 11.8 Å². The molecule has 0 spiro atoms. The van der Waals surface area contributed by atoms with Crippen molar-refractivity contribution in [2.24, 2.45) is 0 Å². The lowest BCUT2D eigenvalue weighted by molar-refractivity contribution is 0.796. The van der Waals surface area contributed by atoms with Gasteiger partial charge in [0.05, 0.1) is 0 Å². The molecule has 16 heavy (non-hydrogen) atoms. The number of aryl methyl sites for hydroxylation is 1. The van der Waals surface area contributed by atoms with Gasteiger partial charge in [-0.1, -0.05) is 27.7 Å². The molecule has 3 nitrogen and oxygen atoms in total. The molecule has 0 aliphatic carbocycles. The van der Waals surface area contributed by atoms with Crippen molar-refractivity contribution in [3.63, 3.8) is 0 Å². The molecule has 0 saturated carbocycles. The molecule has 1 heterocycles. The monoisotopic (exact) mass is 239 g/mol. The summed E-state index contributed by atoms with van der Waals surface area (Å²) >= 11 is 1.77. The lowest BCUT2D eigenvalue weighted by Crippen LogP contribution is -2.09. The van der Waals surface area contributed by atoms with E-state index >= 15 is 0 Å². The third kappa shape index (κ3) is 4.84. The first kappa shape index (κ1) is 13.3. The zero-order chi connectivity index (χ0) is 12.2. The van der Waals surface area contributed by atoms with Crippen molar-refractivity contribution in [2.45, 2.75) is 50.8 Å². The highest BCUT2D eigenvalue weighted by atomic mass is 32.2. The quantitative estimate of drug-likeness (QED) is 0.644. The van der Waals surface area contributed by atoms with Crippen molar-refractivity contribution in [2.75, 3.05) is 11.9 Å². The van der Waals surface area contributed by atoms with E-state index in [-0.39, 0.29) is 4.75 Å². The summed E-state index contributed by atoms with van der Waals surface area (Å²) in [6.07, 6.45) is 1.10. The minimum Gasteiger partial charge on any atom is -0.370 e. The Morgan fingerprint density at radius 2 is 2.00 bits per heavy atom.